The summed E-state index contributed by atoms with van der Waals surface area (Å²) >= 11 is 0. The van der Waals surface area contributed by atoms with Gasteiger partial charge in [0, 0.05) is 6.54 Å². The number of aliphatic carboxylic acids is 2. The van der Waals surface area contributed by atoms with Gasteiger partial charge < -0.3 is 31.5 Å². The van der Waals surface area contributed by atoms with E-state index in [1.165, 1.54) is 4.90 Å². The van der Waals surface area contributed by atoms with Gasteiger partial charge in [0.05, 0.1) is 19.0 Å². The van der Waals surface area contributed by atoms with Crippen LogP contribution in [0, 0.1) is 5.92 Å². The Morgan fingerprint density at radius 1 is 1.19 bits per heavy atom. The molecule has 27 heavy (non-hydrogen) atoms. The summed E-state index contributed by atoms with van der Waals surface area (Å²) in [5, 5.41) is 22.5. The zero-order valence-electron chi connectivity index (χ0n) is 15.3. The maximum absolute atomic E-state index is 12.3. The predicted molar refractivity (Wildman–Crippen MR) is 92.4 cm³/mol. The van der Waals surface area contributed by atoms with E-state index in [-0.39, 0.29) is 12.5 Å². The SMILES string of the molecule is CC(C)C(NC(=O)CNC(=O)C1CCCN1C(=O)C(N)CC(=O)O)C(=O)O. The monoisotopic (exact) mass is 386 g/mol. The van der Waals surface area contributed by atoms with Gasteiger partial charge in [0.25, 0.3) is 0 Å². The molecule has 3 atom stereocenters. The Kier molecular flexibility index (Phi) is 8.16. The van der Waals surface area contributed by atoms with E-state index < -0.39 is 60.8 Å². The van der Waals surface area contributed by atoms with E-state index in [1.54, 1.807) is 13.8 Å². The molecular formula is C16H26N4O7. The van der Waals surface area contributed by atoms with Crippen molar-refractivity contribution in [2.24, 2.45) is 11.7 Å². The number of carboxylic acid groups (broad SMARTS) is 2. The Bertz CT molecular complexity index is 608. The minimum absolute atomic E-state index is 0.269. The second-order valence-electron chi connectivity index (χ2n) is 6.74. The molecule has 1 rings (SSSR count). The first-order valence-electron chi connectivity index (χ1n) is 8.62. The van der Waals surface area contributed by atoms with Crippen LogP contribution in [0.5, 0.6) is 0 Å². The zero-order valence-corrected chi connectivity index (χ0v) is 15.3. The number of amides is 3. The molecule has 1 heterocycles. The lowest BCUT2D eigenvalue weighted by molar-refractivity contribution is -0.144. The molecule has 0 aromatic heterocycles. The fourth-order valence-corrected chi connectivity index (χ4v) is 2.81. The highest BCUT2D eigenvalue weighted by Crippen LogP contribution is 2.18. The van der Waals surface area contributed by atoms with Gasteiger partial charge >= 0.3 is 11.9 Å². The summed E-state index contributed by atoms with van der Waals surface area (Å²) in [5.41, 5.74) is 5.57. The van der Waals surface area contributed by atoms with Gasteiger partial charge in [-0.2, -0.15) is 0 Å². The third-order valence-electron chi connectivity index (χ3n) is 4.22. The molecule has 0 radical (unpaired) electrons. The second kappa shape index (κ2) is 9.86. The summed E-state index contributed by atoms with van der Waals surface area (Å²) in [7, 11) is 0. The van der Waals surface area contributed by atoms with Crippen molar-refractivity contribution in [3.8, 4) is 0 Å². The van der Waals surface area contributed by atoms with Crippen LogP contribution in [0.15, 0.2) is 0 Å². The molecule has 3 amide bonds. The quantitative estimate of drug-likeness (QED) is 0.305. The van der Waals surface area contributed by atoms with Crippen molar-refractivity contribution in [2.75, 3.05) is 13.1 Å². The van der Waals surface area contributed by atoms with Gasteiger partial charge in [-0.05, 0) is 18.8 Å². The minimum Gasteiger partial charge on any atom is -0.481 e. The average molecular weight is 386 g/mol. The van der Waals surface area contributed by atoms with Gasteiger partial charge in [-0.15, -0.1) is 0 Å². The number of hydrogen-bond donors (Lipinski definition) is 5. The average Bonchev–Trinajstić information content (AvgIpc) is 3.05. The molecule has 0 saturated carbocycles. The molecule has 3 unspecified atom stereocenters. The molecule has 1 aliphatic rings. The van der Waals surface area contributed by atoms with Crippen molar-refractivity contribution in [3.63, 3.8) is 0 Å². The molecule has 0 bridgehead atoms. The Hall–Kier alpha value is -2.69. The number of carboxylic acids is 2. The van der Waals surface area contributed by atoms with Gasteiger partial charge in [0.2, 0.25) is 17.7 Å². The van der Waals surface area contributed by atoms with E-state index in [0.29, 0.717) is 12.8 Å². The van der Waals surface area contributed by atoms with Crippen LogP contribution in [0.25, 0.3) is 0 Å². The Morgan fingerprint density at radius 3 is 2.33 bits per heavy atom. The van der Waals surface area contributed by atoms with Crippen LogP contribution in [-0.4, -0.2) is 76.0 Å². The van der Waals surface area contributed by atoms with Crippen molar-refractivity contribution >= 4 is 29.7 Å². The number of carbonyl (C=O) groups excluding carboxylic acids is 3. The highest BCUT2D eigenvalue weighted by atomic mass is 16.4. The molecule has 1 aliphatic heterocycles. The van der Waals surface area contributed by atoms with Gasteiger partial charge in [0.1, 0.15) is 12.1 Å². The highest BCUT2D eigenvalue weighted by molar-refractivity contribution is 5.93. The zero-order chi connectivity index (χ0) is 20.7. The van der Waals surface area contributed by atoms with E-state index >= 15 is 0 Å². The van der Waals surface area contributed by atoms with E-state index in [1.807, 2.05) is 0 Å². The predicted octanol–water partition coefficient (Wildman–Crippen LogP) is -1.88. The molecule has 0 aromatic rings. The molecule has 11 nitrogen and oxygen atoms in total. The van der Waals surface area contributed by atoms with Gasteiger partial charge in [-0.3, -0.25) is 19.2 Å². The van der Waals surface area contributed by atoms with E-state index in [4.69, 9.17) is 15.9 Å². The second-order valence-corrected chi connectivity index (χ2v) is 6.74. The van der Waals surface area contributed by atoms with Crippen molar-refractivity contribution in [3.05, 3.63) is 0 Å². The lowest BCUT2D eigenvalue weighted by atomic mass is 10.0. The largest absolute Gasteiger partial charge is 0.481 e. The molecule has 0 aliphatic carbocycles. The Morgan fingerprint density at radius 2 is 1.81 bits per heavy atom. The summed E-state index contributed by atoms with van der Waals surface area (Å²) < 4.78 is 0. The van der Waals surface area contributed by atoms with Crippen LogP contribution in [-0.2, 0) is 24.0 Å². The number of hydrogen-bond acceptors (Lipinski definition) is 6. The number of rotatable bonds is 9. The maximum atomic E-state index is 12.3. The topological polar surface area (TPSA) is 179 Å². The van der Waals surface area contributed by atoms with Crippen LogP contribution in [0.1, 0.15) is 33.1 Å². The normalized spacial score (nSPS) is 18.7. The van der Waals surface area contributed by atoms with Crippen LogP contribution in [0.4, 0.5) is 0 Å². The number of carbonyl (C=O) groups is 5. The molecule has 1 fully saturated rings. The van der Waals surface area contributed by atoms with Crippen LogP contribution < -0.4 is 16.4 Å². The lowest BCUT2D eigenvalue weighted by Gasteiger charge is -2.26. The smallest absolute Gasteiger partial charge is 0.326 e. The van der Waals surface area contributed by atoms with E-state index in [9.17, 15) is 24.0 Å². The van der Waals surface area contributed by atoms with Crippen molar-refractivity contribution < 1.29 is 34.2 Å². The molecule has 1 saturated heterocycles. The number of nitrogens with two attached hydrogens (primary N) is 1. The molecule has 152 valence electrons. The van der Waals surface area contributed by atoms with Crippen molar-refractivity contribution in [2.45, 2.75) is 51.2 Å². The van der Waals surface area contributed by atoms with Crippen molar-refractivity contribution in [1.82, 2.24) is 15.5 Å². The first kappa shape index (κ1) is 22.4. The summed E-state index contributed by atoms with van der Waals surface area (Å²) in [5.74, 6) is -4.60. The Balaban J connectivity index is 2.60. The number of nitrogens with zero attached hydrogens (tertiary/aromatic N) is 1. The summed E-state index contributed by atoms with van der Waals surface area (Å²) in [6.45, 7) is 3.11. The molecule has 0 aromatic carbocycles. The van der Waals surface area contributed by atoms with E-state index in [0.717, 1.165) is 0 Å². The summed E-state index contributed by atoms with van der Waals surface area (Å²) in [6, 6.07) is -3.17. The van der Waals surface area contributed by atoms with Crippen LogP contribution in [0.3, 0.4) is 0 Å². The van der Waals surface area contributed by atoms with Gasteiger partial charge in [-0.25, -0.2) is 4.79 Å². The highest BCUT2D eigenvalue weighted by Gasteiger charge is 2.36. The third-order valence-corrected chi connectivity index (χ3v) is 4.22. The first-order chi connectivity index (χ1) is 12.5. The number of nitrogens with one attached hydrogen (secondary N) is 2. The van der Waals surface area contributed by atoms with Crippen LogP contribution >= 0.6 is 0 Å². The fraction of sp³-hybridized carbons (Fsp3) is 0.688. The molecule has 0 spiro atoms. The summed E-state index contributed by atoms with van der Waals surface area (Å²) in [6.07, 6.45) is 0.366. The molecular weight excluding hydrogens is 360 g/mol. The van der Waals surface area contributed by atoms with Crippen molar-refractivity contribution in [1.29, 1.82) is 0 Å². The van der Waals surface area contributed by atoms with Crippen LogP contribution in [0.2, 0.25) is 0 Å². The molecule has 6 N–H and O–H groups in total. The third kappa shape index (κ3) is 6.51. The summed E-state index contributed by atoms with van der Waals surface area (Å²) in [4.78, 5) is 59.4. The minimum atomic E-state index is -1.25. The fourth-order valence-electron chi connectivity index (χ4n) is 2.81. The lowest BCUT2D eigenvalue weighted by Crippen LogP contribution is -2.53. The molecule has 11 heteroatoms. The van der Waals surface area contributed by atoms with Gasteiger partial charge in [-0.1, -0.05) is 13.8 Å². The van der Waals surface area contributed by atoms with E-state index in [2.05, 4.69) is 10.6 Å². The number of likely N-dealkylation sites (tertiary alicyclic amines) is 1. The first-order valence-corrected chi connectivity index (χ1v) is 8.62. The Labute approximate surface area is 156 Å². The maximum Gasteiger partial charge on any atom is 0.326 e. The van der Waals surface area contributed by atoms with Gasteiger partial charge in [0.15, 0.2) is 0 Å². The standard InChI is InChI=1S/C16H26N4O7/c1-8(2)13(16(26)27)19-11(21)7-18-14(24)10-4-3-5-20(10)15(25)9(17)6-12(22)23/h8-10,13H,3-7,17H2,1-2H3,(H,18,24)(H,19,21)(H,22,23)(H,26,27).